The van der Waals surface area contributed by atoms with E-state index < -0.39 is 4.92 Å². The summed E-state index contributed by atoms with van der Waals surface area (Å²) < 4.78 is 1.44. The molecule has 0 unspecified atom stereocenters. The second kappa shape index (κ2) is 3.49. The van der Waals surface area contributed by atoms with Gasteiger partial charge in [0.2, 0.25) is 0 Å². The van der Waals surface area contributed by atoms with Gasteiger partial charge in [0.25, 0.3) is 11.6 Å². The number of aromatic nitrogens is 1. The van der Waals surface area contributed by atoms with Crippen molar-refractivity contribution in [3.05, 3.63) is 28.1 Å². The summed E-state index contributed by atoms with van der Waals surface area (Å²) in [5, 5.41) is 10.4. The third-order valence-electron chi connectivity index (χ3n) is 1.83. The highest BCUT2D eigenvalue weighted by Gasteiger charge is 2.18. The molecule has 76 valence electrons. The number of nitrogens with zero attached hydrogens (tertiary/aromatic N) is 3. The van der Waals surface area contributed by atoms with Crippen molar-refractivity contribution in [1.29, 1.82) is 0 Å². The van der Waals surface area contributed by atoms with Gasteiger partial charge in [0.1, 0.15) is 5.69 Å². The van der Waals surface area contributed by atoms with Gasteiger partial charge < -0.3 is 9.47 Å². The average molecular weight is 197 g/mol. The van der Waals surface area contributed by atoms with Crippen molar-refractivity contribution < 1.29 is 9.72 Å². The van der Waals surface area contributed by atoms with Gasteiger partial charge in [-0.3, -0.25) is 14.9 Å². The van der Waals surface area contributed by atoms with Crippen LogP contribution < -0.4 is 0 Å². The minimum atomic E-state index is -0.521. The predicted octanol–water partition coefficient (Wildman–Crippen LogP) is 0.635. The van der Waals surface area contributed by atoms with Crippen molar-refractivity contribution in [3.63, 3.8) is 0 Å². The number of rotatable bonds is 2. The zero-order valence-electron chi connectivity index (χ0n) is 8.22. The van der Waals surface area contributed by atoms with Crippen LogP contribution in [-0.4, -0.2) is 34.4 Å². The first-order valence-electron chi connectivity index (χ1n) is 3.96. The Kier molecular flexibility index (Phi) is 2.55. The lowest BCUT2D eigenvalue weighted by atomic mass is 10.3. The molecule has 1 aromatic heterocycles. The highest BCUT2D eigenvalue weighted by atomic mass is 16.6. The summed E-state index contributed by atoms with van der Waals surface area (Å²) in [6.07, 6.45) is 1.32. The lowest BCUT2D eigenvalue weighted by Crippen LogP contribution is -2.23. The molecule has 0 aliphatic carbocycles. The van der Waals surface area contributed by atoms with Gasteiger partial charge in [-0.25, -0.2) is 0 Å². The van der Waals surface area contributed by atoms with E-state index in [0.717, 1.165) is 0 Å². The molecule has 0 N–H and O–H groups in total. The number of carbonyl (C=O) groups excluding carboxylic acids is 1. The summed E-state index contributed by atoms with van der Waals surface area (Å²) in [7, 11) is 4.80. The third-order valence-corrected chi connectivity index (χ3v) is 1.83. The summed E-state index contributed by atoms with van der Waals surface area (Å²) >= 11 is 0. The zero-order valence-corrected chi connectivity index (χ0v) is 8.22. The molecular weight excluding hydrogens is 186 g/mol. The Labute approximate surface area is 80.9 Å². The molecule has 6 heteroatoms. The van der Waals surface area contributed by atoms with Gasteiger partial charge in [0.15, 0.2) is 0 Å². The Hall–Kier alpha value is -1.85. The first-order valence-corrected chi connectivity index (χ1v) is 3.96. The molecule has 0 saturated carbocycles. The van der Waals surface area contributed by atoms with Crippen molar-refractivity contribution in [2.24, 2.45) is 7.05 Å². The van der Waals surface area contributed by atoms with E-state index in [0.29, 0.717) is 5.69 Å². The molecule has 0 aliphatic rings. The van der Waals surface area contributed by atoms with Gasteiger partial charge in [-0.1, -0.05) is 0 Å². The van der Waals surface area contributed by atoms with Crippen LogP contribution in [0.15, 0.2) is 12.3 Å². The Morgan fingerprint density at radius 2 is 2.14 bits per heavy atom. The molecule has 1 aromatic rings. The van der Waals surface area contributed by atoms with Crippen LogP contribution in [0.5, 0.6) is 0 Å². The summed E-state index contributed by atoms with van der Waals surface area (Å²) in [6, 6.07) is 1.27. The fourth-order valence-corrected chi connectivity index (χ4v) is 1.09. The second-order valence-electron chi connectivity index (χ2n) is 3.15. The van der Waals surface area contributed by atoms with Crippen molar-refractivity contribution >= 4 is 11.6 Å². The lowest BCUT2D eigenvalue weighted by molar-refractivity contribution is -0.384. The Balaban J connectivity index is 3.11. The maximum atomic E-state index is 11.5. The van der Waals surface area contributed by atoms with E-state index in [1.807, 2.05) is 0 Å². The Bertz CT molecular complexity index is 381. The van der Waals surface area contributed by atoms with Crippen LogP contribution in [-0.2, 0) is 7.05 Å². The smallest absolute Gasteiger partial charge is 0.287 e. The summed E-state index contributed by atoms with van der Waals surface area (Å²) in [5.41, 5.74) is 0.236. The number of hydrogen-bond donors (Lipinski definition) is 0. The highest BCUT2D eigenvalue weighted by molar-refractivity contribution is 5.93. The van der Waals surface area contributed by atoms with Crippen LogP contribution in [0.25, 0.3) is 0 Å². The largest absolute Gasteiger partial charge is 0.343 e. The van der Waals surface area contributed by atoms with Crippen LogP contribution in [0.1, 0.15) is 10.5 Å². The number of amides is 1. The van der Waals surface area contributed by atoms with E-state index >= 15 is 0 Å². The molecular formula is C8H11N3O3. The molecule has 0 bridgehead atoms. The third kappa shape index (κ3) is 1.73. The second-order valence-corrected chi connectivity index (χ2v) is 3.15. The highest BCUT2D eigenvalue weighted by Crippen LogP contribution is 2.15. The van der Waals surface area contributed by atoms with E-state index in [2.05, 4.69) is 0 Å². The van der Waals surface area contributed by atoms with E-state index in [1.54, 1.807) is 21.1 Å². The normalized spacial score (nSPS) is 9.93. The monoisotopic (exact) mass is 197 g/mol. The van der Waals surface area contributed by atoms with E-state index in [1.165, 1.54) is 21.7 Å². The van der Waals surface area contributed by atoms with E-state index in [9.17, 15) is 14.9 Å². The van der Waals surface area contributed by atoms with E-state index in [4.69, 9.17) is 0 Å². The topological polar surface area (TPSA) is 68.4 Å². The minimum absolute atomic E-state index is 0.0716. The molecule has 0 atom stereocenters. The molecule has 6 nitrogen and oxygen atoms in total. The quantitative estimate of drug-likeness (QED) is 0.516. The average Bonchev–Trinajstić information content (AvgIpc) is 2.46. The number of hydrogen-bond acceptors (Lipinski definition) is 3. The Morgan fingerprint density at radius 3 is 2.50 bits per heavy atom. The first kappa shape index (κ1) is 10.2. The molecule has 0 fully saturated rings. The van der Waals surface area contributed by atoms with E-state index in [-0.39, 0.29) is 11.6 Å². The van der Waals surface area contributed by atoms with Crippen molar-refractivity contribution in [2.75, 3.05) is 14.1 Å². The molecule has 14 heavy (non-hydrogen) atoms. The molecule has 0 aliphatic heterocycles. The van der Waals surface area contributed by atoms with Crippen LogP contribution in [0.3, 0.4) is 0 Å². The number of nitro groups is 1. The fourth-order valence-electron chi connectivity index (χ4n) is 1.09. The van der Waals surface area contributed by atoms with Gasteiger partial charge in [-0.05, 0) is 0 Å². The van der Waals surface area contributed by atoms with Gasteiger partial charge >= 0.3 is 0 Å². The van der Waals surface area contributed by atoms with Gasteiger partial charge in [-0.2, -0.15) is 0 Å². The van der Waals surface area contributed by atoms with Crippen LogP contribution in [0, 0.1) is 10.1 Å². The molecule has 0 spiro atoms. The minimum Gasteiger partial charge on any atom is -0.343 e. The predicted molar refractivity (Wildman–Crippen MR) is 50.1 cm³/mol. The molecule has 1 rings (SSSR count). The number of aryl methyl sites for hydroxylation is 1. The first-order chi connectivity index (χ1) is 6.43. The van der Waals surface area contributed by atoms with Crippen LogP contribution >= 0.6 is 0 Å². The fraction of sp³-hybridized carbons (Fsp3) is 0.375. The summed E-state index contributed by atoms with van der Waals surface area (Å²) in [5.74, 6) is -0.249. The molecule has 0 aromatic carbocycles. The van der Waals surface area contributed by atoms with Gasteiger partial charge in [0, 0.05) is 27.2 Å². The van der Waals surface area contributed by atoms with Gasteiger partial charge in [-0.15, -0.1) is 0 Å². The summed E-state index contributed by atoms with van der Waals surface area (Å²) in [6.45, 7) is 0. The summed E-state index contributed by atoms with van der Waals surface area (Å²) in [4.78, 5) is 22.8. The molecule has 1 heterocycles. The Morgan fingerprint density at radius 1 is 1.57 bits per heavy atom. The van der Waals surface area contributed by atoms with Crippen molar-refractivity contribution in [2.45, 2.75) is 0 Å². The number of carbonyl (C=O) groups is 1. The molecule has 0 saturated heterocycles. The van der Waals surface area contributed by atoms with Crippen LogP contribution in [0.2, 0.25) is 0 Å². The van der Waals surface area contributed by atoms with Gasteiger partial charge in [0.05, 0.1) is 11.1 Å². The van der Waals surface area contributed by atoms with Crippen molar-refractivity contribution in [3.8, 4) is 0 Å². The maximum absolute atomic E-state index is 11.5. The zero-order chi connectivity index (χ0) is 10.9. The maximum Gasteiger partial charge on any atom is 0.287 e. The van der Waals surface area contributed by atoms with Crippen molar-refractivity contribution in [1.82, 2.24) is 9.47 Å². The molecule has 1 amide bonds. The SMILES string of the molecule is CN(C)C(=O)c1cc([N+](=O)[O-])cn1C. The lowest BCUT2D eigenvalue weighted by Gasteiger charge is -2.09. The van der Waals surface area contributed by atoms with Crippen LogP contribution in [0.4, 0.5) is 5.69 Å². The molecule has 0 radical (unpaired) electrons. The standard InChI is InChI=1S/C8H11N3O3/c1-9(2)8(12)7-4-6(11(13)14)5-10(7)3/h4-5H,1-3H3.